The van der Waals surface area contributed by atoms with Gasteiger partial charge in [0.05, 0.1) is 31.6 Å². The summed E-state index contributed by atoms with van der Waals surface area (Å²) >= 11 is 1.64. The molecule has 0 saturated heterocycles. The molecule has 0 radical (unpaired) electrons. The molecule has 0 aromatic carbocycles. The lowest BCUT2D eigenvalue weighted by atomic mass is 10.5. The minimum absolute atomic E-state index is 0.674. The lowest BCUT2D eigenvalue weighted by Gasteiger charge is -2.00. The molecule has 0 saturated carbocycles. The van der Waals surface area contributed by atoms with Crippen LogP contribution in [0, 0.1) is 0 Å². The highest BCUT2D eigenvalue weighted by atomic mass is 32.1. The molecule has 0 aliphatic rings. The molecule has 16 heavy (non-hydrogen) atoms. The molecule has 0 spiro atoms. The van der Waals surface area contributed by atoms with Gasteiger partial charge < -0.3 is 10.1 Å². The largest absolute Gasteiger partial charge is 0.383 e. The number of nitrogens with one attached hydrogen (secondary N) is 1. The van der Waals surface area contributed by atoms with Gasteiger partial charge in [-0.3, -0.25) is 4.68 Å². The monoisotopic (exact) mass is 238 g/mol. The van der Waals surface area contributed by atoms with Crippen molar-refractivity contribution in [3.8, 4) is 0 Å². The number of hydrogen-bond acceptors (Lipinski definition) is 5. The summed E-state index contributed by atoms with van der Waals surface area (Å²) in [5.41, 5.74) is 1.01. The molecule has 6 heteroatoms. The normalized spacial score (nSPS) is 10.6. The van der Waals surface area contributed by atoms with E-state index in [2.05, 4.69) is 15.4 Å². The zero-order valence-electron chi connectivity index (χ0n) is 9.09. The number of rotatable bonds is 6. The van der Waals surface area contributed by atoms with Crippen LogP contribution in [-0.2, 0) is 17.8 Å². The Morgan fingerprint density at radius 1 is 1.56 bits per heavy atom. The molecule has 0 unspecified atom stereocenters. The highest BCUT2D eigenvalue weighted by molar-refractivity contribution is 7.09. The third-order valence-electron chi connectivity index (χ3n) is 2.08. The number of thiazole rings is 1. The zero-order chi connectivity index (χ0) is 11.2. The van der Waals surface area contributed by atoms with Gasteiger partial charge in [-0.05, 0) is 0 Å². The lowest BCUT2D eigenvalue weighted by molar-refractivity contribution is 0.183. The second-order valence-electron chi connectivity index (χ2n) is 3.26. The minimum Gasteiger partial charge on any atom is -0.383 e. The molecule has 0 aliphatic heterocycles. The van der Waals surface area contributed by atoms with Crippen LogP contribution in [0.15, 0.2) is 24.0 Å². The molecule has 0 fully saturated rings. The van der Waals surface area contributed by atoms with E-state index in [0.717, 1.165) is 23.8 Å². The topological polar surface area (TPSA) is 52.0 Å². The molecule has 2 heterocycles. The fourth-order valence-corrected chi connectivity index (χ4v) is 1.84. The van der Waals surface area contributed by atoms with Crippen LogP contribution in [0.25, 0.3) is 0 Å². The second-order valence-corrected chi connectivity index (χ2v) is 4.24. The van der Waals surface area contributed by atoms with Crippen molar-refractivity contribution in [2.24, 2.45) is 0 Å². The molecule has 2 aromatic rings. The van der Waals surface area contributed by atoms with Crippen molar-refractivity contribution in [2.75, 3.05) is 19.0 Å². The van der Waals surface area contributed by atoms with Crippen LogP contribution in [0.4, 0.5) is 5.69 Å². The fraction of sp³-hybridized carbons (Fsp3) is 0.400. The van der Waals surface area contributed by atoms with E-state index in [1.54, 1.807) is 18.4 Å². The number of nitrogens with zero attached hydrogens (tertiary/aromatic N) is 3. The SMILES string of the molecule is COCCn1cc(NCc2nccs2)cn1. The summed E-state index contributed by atoms with van der Waals surface area (Å²) in [6, 6.07) is 0. The molecule has 0 aliphatic carbocycles. The predicted octanol–water partition coefficient (Wildman–Crippen LogP) is 1.60. The Bertz CT molecular complexity index is 412. The van der Waals surface area contributed by atoms with Crippen molar-refractivity contribution < 1.29 is 4.74 Å². The Balaban J connectivity index is 1.83. The van der Waals surface area contributed by atoms with Gasteiger partial charge in [0.2, 0.25) is 0 Å². The number of aromatic nitrogens is 3. The van der Waals surface area contributed by atoms with Gasteiger partial charge in [0.15, 0.2) is 0 Å². The standard InChI is InChI=1S/C10H14N4OS/c1-15-4-3-14-8-9(6-13-14)12-7-10-11-2-5-16-10/h2,5-6,8,12H,3-4,7H2,1H3. The van der Waals surface area contributed by atoms with E-state index < -0.39 is 0 Å². The Labute approximate surface area is 98.1 Å². The van der Waals surface area contributed by atoms with E-state index in [9.17, 15) is 0 Å². The maximum absolute atomic E-state index is 4.98. The van der Waals surface area contributed by atoms with Crippen LogP contribution >= 0.6 is 11.3 Å². The lowest BCUT2D eigenvalue weighted by Crippen LogP contribution is -2.04. The van der Waals surface area contributed by atoms with Crippen molar-refractivity contribution in [2.45, 2.75) is 13.1 Å². The smallest absolute Gasteiger partial charge is 0.112 e. The quantitative estimate of drug-likeness (QED) is 0.830. The van der Waals surface area contributed by atoms with Gasteiger partial charge in [-0.2, -0.15) is 5.10 Å². The molecule has 2 aromatic heterocycles. The maximum Gasteiger partial charge on any atom is 0.112 e. The van der Waals surface area contributed by atoms with Crippen molar-refractivity contribution in [3.05, 3.63) is 29.0 Å². The summed E-state index contributed by atoms with van der Waals surface area (Å²) in [5, 5.41) is 10.5. The van der Waals surface area contributed by atoms with E-state index in [1.165, 1.54) is 0 Å². The van der Waals surface area contributed by atoms with Crippen LogP contribution in [0.1, 0.15) is 5.01 Å². The van der Waals surface area contributed by atoms with E-state index >= 15 is 0 Å². The first-order valence-electron chi connectivity index (χ1n) is 5.02. The number of methoxy groups -OCH3 is 1. The summed E-state index contributed by atoms with van der Waals surface area (Å²) in [7, 11) is 1.69. The van der Waals surface area contributed by atoms with Gasteiger partial charge in [0.1, 0.15) is 5.01 Å². The van der Waals surface area contributed by atoms with Crippen molar-refractivity contribution >= 4 is 17.0 Å². The van der Waals surface area contributed by atoms with Gasteiger partial charge in [0.25, 0.3) is 0 Å². The van der Waals surface area contributed by atoms with E-state index in [4.69, 9.17) is 4.74 Å². The first kappa shape index (κ1) is 11.1. The third-order valence-corrected chi connectivity index (χ3v) is 2.86. The Kier molecular flexibility index (Phi) is 3.90. The van der Waals surface area contributed by atoms with Gasteiger partial charge in [-0.25, -0.2) is 4.98 Å². The number of hydrogen-bond donors (Lipinski definition) is 1. The highest BCUT2D eigenvalue weighted by Gasteiger charge is 1.99. The van der Waals surface area contributed by atoms with Crippen LogP contribution in [0.3, 0.4) is 0 Å². The summed E-state index contributed by atoms with van der Waals surface area (Å²) in [5.74, 6) is 0. The van der Waals surface area contributed by atoms with Gasteiger partial charge in [-0.1, -0.05) is 0 Å². The molecule has 1 N–H and O–H groups in total. The number of anilines is 1. The maximum atomic E-state index is 4.98. The van der Waals surface area contributed by atoms with E-state index in [0.29, 0.717) is 6.61 Å². The molecule has 2 rings (SSSR count). The van der Waals surface area contributed by atoms with Crippen molar-refractivity contribution in [1.82, 2.24) is 14.8 Å². The predicted molar refractivity (Wildman–Crippen MR) is 63.5 cm³/mol. The molecule has 0 atom stereocenters. The molecule has 86 valence electrons. The van der Waals surface area contributed by atoms with E-state index in [-0.39, 0.29) is 0 Å². The van der Waals surface area contributed by atoms with Crippen LogP contribution in [0.2, 0.25) is 0 Å². The number of ether oxygens (including phenoxy) is 1. The highest BCUT2D eigenvalue weighted by Crippen LogP contribution is 2.09. The fourth-order valence-electron chi connectivity index (χ4n) is 1.28. The summed E-state index contributed by atoms with van der Waals surface area (Å²) < 4.78 is 6.84. The average molecular weight is 238 g/mol. The summed E-state index contributed by atoms with van der Waals surface area (Å²) in [6.07, 6.45) is 5.58. The van der Waals surface area contributed by atoms with Gasteiger partial charge in [0, 0.05) is 24.9 Å². The first-order chi connectivity index (χ1) is 7.88. The molecular formula is C10H14N4OS. The average Bonchev–Trinajstić information content (AvgIpc) is 2.95. The van der Waals surface area contributed by atoms with Crippen molar-refractivity contribution in [1.29, 1.82) is 0 Å². The van der Waals surface area contributed by atoms with Gasteiger partial charge in [-0.15, -0.1) is 11.3 Å². The van der Waals surface area contributed by atoms with Crippen LogP contribution < -0.4 is 5.32 Å². The Morgan fingerprint density at radius 2 is 2.50 bits per heavy atom. The Hall–Kier alpha value is -1.40. The Morgan fingerprint density at radius 3 is 3.25 bits per heavy atom. The van der Waals surface area contributed by atoms with Gasteiger partial charge >= 0.3 is 0 Å². The van der Waals surface area contributed by atoms with Crippen LogP contribution in [0.5, 0.6) is 0 Å². The van der Waals surface area contributed by atoms with Crippen molar-refractivity contribution in [3.63, 3.8) is 0 Å². The molecule has 0 bridgehead atoms. The molecular weight excluding hydrogens is 224 g/mol. The van der Waals surface area contributed by atoms with Crippen LogP contribution in [-0.4, -0.2) is 28.5 Å². The minimum atomic E-state index is 0.674. The first-order valence-corrected chi connectivity index (χ1v) is 5.90. The zero-order valence-corrected chi connectivity index (χ0v) is 9.91. The second kappa shape index (κ2) is 5.62. The summed E-state index contributed by atoms with van der Waals surface area (Å²) in [6.45, 7) is 2.19. The van der Waals surface area contributed by atoms with E-state index in [1.807, 2.05) is 28.7 Å². The molecule has 0 amide bonds. The summed E-state index contributed by atoms with van der Waals surface area (Å²) in [4.78, 5) is 4.20. The molecule has 5 nitrogen and oxygen atoms in total. The third kappa shape index (κ3) is 3.04.